The smallest absolute Gasteiger partial charge is 0.323 e. The van der Waals surface area contributed by atoms with Crippen LogP contribution in [0.5, 0.6) is 17.4 Å². The second-order valence-corrected chi connectivity index (χ2v) is 7.99. The van der Waals surface area contributed by atoms with Crippen LogP contribution in [0.15, 0.2) is 42.5 Å². The van der Waals surface area contributed by atoms with Gasteiger partial charge in [0.25, 0.3) is 0 Å². The summed E-state index contributed by atoms with van der Waals surface area (Å²) in [5.41, 5.74) is 0.275. The summed E-state index contributed by atoms with van der Waals surface area (Å²) in [7, 11) is 0. The van der Waals surface area contributed by atoms with Gasteiger partial charge in [0, 0.05) is 11.3 Å². The van der Waals surface area contributed by atoms with E-state index in [1.54, 1.807) is 42.5 Å². The number of H-pyrrole nitrogens is 1. The minimum absolute atomic E-state index is 0.0236. The van der Waals surface area contributed by atoms with E-state index in [9.17, 15) is 20.0 Å². The van der Waals surface area contributed by atoms with Crippen LogP contribution in [0.1, 0.15) is 11.1 Å². The van der Waals surface area contributed by atoms with Gasteiger partial charge in [0.05, 0.1) is 17.3 Å². The fourth-order valence-corrected chi connectivity index (χ4v) is 4.98. The number of carboxylic acids is 1. The quantitative estimate of drug-likeness (QED) is 0.538. The molecule has 1 spiro atoms. The maximum absolute atomic E-state index is 14.1. The van der Waals surface area contributed by atoms with E-state index >= 15 is 0 Å². The monoisotopic (exact) mass is 457 g/mol. The van der Waals surface area contributed by atoms with Gasteiger partial charge in [-0.2, -0.15) is 5.26 Å². The van der Waals surface area contributed by atoms with Crippen LogP contribution in [0.3, 0.4) is 0 Å². The highest BCUT2D eigenvalue weighted by Crippen LogP contribution is 2.57. The van der Waals surface area contributed by atoms with E-state index in [4.69, 9.17) is 19.6 Å². The van der Waals surface area contributed by atoms with Crippen molar-refractivity contribution >= 4 is 23.5 Å². The van der Waals surface area contributed by atoms with Crippen LogP contribution >= 0.6 is 0 Å². The van der Waals surface area contributed by atoms with Crippen molar-refractivity contribution in [2.75, 3.05) is 18.2 Å². The number of aromatic amines is 1. The second kappa shape index (κ2) is 6.82. The molecular formula is C23H15N5O6. The molecule has 0 radical (unpaired) electrons. The van der Waals surface area contributed by atoms with Crippen LogP contribution in [0.2, 0.25) is 0 Å². The number of hydrogen-bond acceptors (Lipinski definition) is 8. The van der Waals surface area contributed by atoms with Crippen molar-refractivity contribution in [3.05, 3.63) is 53.6 Å². The van der Waals surface area contributed by atoms with Gasteiger partial charge < -0.3 is 19.3 Å². The number of carboxylic acid groups (broad SMARTS) is 1. The fourth-order valence-electron chi connectivity index (χ4n) is 4.98. The average Bonchev–Trinajstić information content (AvgIpc) is 3.52. The SMILES string of the molecule is N#CC1C(=N)Oc2n[nH]c(-c3ccc4c(c3)OCO4)c2C12C(=O)N(CC(=O)O)c1ccccc12. The zero-order chi connectivity index (χ0) is 23.6. The number of nitriles is 1. The maximum atomic E-state index is 14.1. The van der Waals surface area contributed by atoms with Crippen molar-refractivity contribution < 1.29 is 28.9 Å². The Morgan fingerprint density at radius 1 is 1.29 bits per heavy atom. The number of aromatic nitrogens is 2. The molecule has 0 aliphatic carbocycles. The Labute approximate surface area is 191 Å². The van der Waals surface area contributed by atoms with Crippen LogP contribution < -0.4 is 19.1 Å². The van der Waals surface area contributed by atoms with Gasteiger partial charge >= 0.3 is 5.97 Å². The fraction of sp³-hybridized carbons (Fsp3) is 0.174. The number of anilines is 1. The summed E-state index contributed by atoms with van der Waals surface area (Å²) in [6.07, 6.45) is 0. The van der Waals surface area contributed by atoms with Crippen molar-refractivity contribution in [1.82, 2.24) is 10.2 Å². The molecule has 0 saturated heterocycles. The maximum Gasteiger partial charge on any atom is 0.323 e. The number of benzene rings is 2. The van der Waals surface area contributed by atoms with E-state index in [0.29, 0.717) is 34.0 Å². The van der Waals surface area contributed by atoms with Gasteiger partial charge in [-0.1, -0.05) is 18.2 Å². The summed E-state index contributed by atoms with van der Waals surface area (Å²) in [4.78, 5) is 26.8. The van der Waals surface area contributed by atoms with Crippen LogP contribution in [0.25, 0.3) is 11.3 Å². The first-order valence-corrected chi connectivity index (χ1v) is 10.2. The lowest BCUT2D eigenvalue weighted by Gasteiger charge is -2.36. The predicted molar refractivity (Wildman–Crippen MR) is 115 cm³/mol. The van der Waals surface area contributed by atoms with Crippen molar-refractivity contribution in [1.29, 1.82) is 10.7 Å². The predicted octanol–water partition coefficient (Wildman–Crippen LogP) is 2.03. The lowest BCUT2D eigenvalue weighted by molar-refractivity contribution is -0.137. The molecular weight excluding hydrogens is 442 g/mol. The topological polar surface area (TPSA) is 162 Å². The van der Waals surface area contributed by atoms with Gasteiger partial charge in [-0.25, -0.2) is 0 Å². The number of carbonyl (C=O) groups excluding carboxylic acids is 1. The third-order valence-corrected chi connectivity index (χ3v) is 6.32. The van der Waals surface area contributed by atoms with Gasteiger partial charge in [0.1, 0.15) is 17.9 Å². The van der Waals surface area contributed by atoms with Crippen molar-refractivity contribution in [3.8, 4) is 34.7 Å². The standard InChI is InChI=1S/C23H15N5O6/c24-8-13-20(25)34-21-18(19(26-27-21)11-5-6-15-16(7-11)33-10-32-15)23(13)12-3-1-2-4-14(12)28(22(23)31)9-17(29)30/h1-7,13,25H,9-10H2,(H,26,27)(H,29,30). The largest absolute Gasteiger partial charge is 0.480 e. The summed E-state index contributed by atoms with van der Waals surface area (Å²) in [6.45, 7) is -0.521. The van der Waals surface area contributed by atoms with Crippen molar-refractivity contribution in [2.24, 2.45) is 5.92 Å². The van der Waals surface area contributed by atoms with Crippen LogP contribution in [0.4, 0.5) is 5.69 Å². The Balaban J connectivity index is 1.66. The molecule has 2 aromatic carbocycles. The van der Waals surface area contributed by atoms with E-state index in [2.05, 4.69) is 16.3 Å². The Bertz CT molecular complexity index is 1460. The van der Waals surface area contributed by atoms with E-state index in [1.165, 1.54) is 0 Å². The zero-order valence-corrected chi connectivity index (χ0v) is 17.4. The summed E-state index contributed by atoms with van der Waals surface area (Å²) < 4.78 is 16.4. The summed E-state index contributed by atoms with van der Waals surface area (Å²) in [5.74, 6) is -2.60. The summed E-state index contributed by atoms with van der Waals surface area (Å²) in [5, 5.41) is 35.1. The van der Waals surface area contributed by atoms with Gasteiger partial charge in [0.2, 0.25) is 24.5 Å². The van der Waals surface area contributed by atoms with Crippen molar-refractivity contribution in [3.63, 3.8) is 0 Å². The highest BCUT2D eigenvalue weighted by molar-refractivity contribution is 6.16. The number of rotatable bonds is 3. The van der Waals surface area contributed by atoms with E-state index in [-0.39, 0.29) is 18.2 Å². The lowest BCUT2D eigenvalue weighted by atomic mass is 9.65. The molecule has 3 N–H and O–H groups in total. The molecule has 0 fully saturated rings. The van der Waals surface area contributed by atoms with Gasteiger partial charge in [-0.15, -0.1) is 5.10 Å². The number of carbonyl (C=O) groups is 2. The Hall–Kier alpha value is -4.85. The highest BCUT2D eigenvalue weighted by atomic mass is 16.7. The zero-order valence-electron chi connectivity index (χ0n) is 17.4. The minimum Gasteiger partial charge on any atom is -0.480 e. The van der Waals surface area contributed by atoms with Gasteiger partial charge in [-0.3, -0.25) is 25.0 Å². The Kier molecular flexibility index (Phi) is 3.97. The molecule has 3 aliphatic rings. The minimum atomic E-state index is -1.73. The molecule has 2 unspecified atom stereocenters. The number of amides is 1. The molecule has 2 atom stereocenters. The molecule has 3 aromatic rings. The molecule has 0 bridgehead atoms. The Morgan fingerprint density at radius 2 is 2.09 bits per heavy atom. The molecule has 11 heteroatoms. The third-order valence-electron chi connectivity index (χ3n) is 6.32. The molecule has 1 aromatic heterocycles. The number of nitrogens with zero attached hydrogens (tertiary/aromatic N) is 3. The van der Waals surface area contributed by atoms with E-state index in [0.717, 1.165) is 4.90 Å². The molecule has 6 rings (SSSR count). The summed E-state index contributed by atoms with van der Waals surface area (Å²) in [6, 6.07) is 13.9. The van der Waals surface area contributed by atoms with E-state index < -0.39 is 35.7 Å². The normalized spacial score (nSPS) is 21.7. The van der Waals surface area contributed by atoms with Crippen LogP contribution in [-0.4, -0.2) is 46.4 Å². The van der Waals surface area contributed by atoms with Crippen LogP contribution in [0, 0.1) is 22.7 Å². The molecule has 4 heterocycles. The number of para-hydroxylation sites is 1. The van der Waals surface area contributed by atoms with Gasteiger partial charge in [-0.05, 0) is 29.8 Å². The van der Waals surface area contributed by atoms with E-state index in [1.807, 2.05) is 0 Å². The summed E-state index contributed by atoms with van der Waals surface area (Å²) >= 11 is 0. The molecule has 1 amide bonds. The first-order valence-electron chi connectivity index (χ1n) is 10.2. The molecule has 11 nitrogen and oxygen atoms in total. The van der Waals surface area contributed by atoms with Crippen molar-refractivity contribution in [2.45, 2.75) is 5.41 Å². The molecule has 3 aliphatic heterocycles. The van der Waals surface area contributed by atoms with Crippen LogP contribution in [-0.2, 0) is 15.0 Å². The Morgan fingerprint density at radius 3 is 2.88 bits per heavy atom. The molecule has 34 heavy (non-hydrogen) atoms. The number of nitrogens with one attached hydrogen (secondary N) is 2. The highest BCUT2D eigenvalue weighted by Gasteiger charge is 2.64. The lowest BCUT2D eigenvalue weighted by Crippen LogP contribution is -2.53. The molecule has 0 saturated carbocycles. The number of hydrogen-bond donors (Lipinski definition) is 3. The number of aliphatic carboxylic acids is 1. The molecule has 168 valence electrons. The van der Waals surface area contributed by atoms with Gasteiger partial charge in [0.15, 0.2) is 11.5 Å². The second-order valence-electron chi connectivity index (χ2n) is 7.99. The first-order chi connectivity index (χ1) is 16.5. The first kappa shape index (κ1) is 19.8. The average molecular weight is 457 g/mol. The third kappa shape index (κ3) is 2.39. The number of fused-ring (bicyclic) bond motifs is 5. The number of ether oxygens (including phenoxy) is 3.